The van der Waals surface area contributed by atoms with Crippen molar-refractivity contribution in [1.82, 2.24) is 10.3 Å². The summed E-state index contributed by atoms with van der Waals surface area (Å²) < 4.78 is 0. The number of amides is 1. The van der Waals surface area contributed by atoms with Crippen LogP contribution in [-0.4, -0.2) is 27.5 Å². The van der Waals surface area contributed by atoms with E-state index in [1.165, 1.54) is 11.3 Å². The van der Waals surface area contributed by atoms with Crippen LogP contribution in [0.5, 0.6) is 0 Å². The lowest BCUT2D eigenvalue weighted by Crippen LogP contribution is -2.47. The third-order valence-corrected chi connectivity index (χ3v) is 4.19. The monoisotopic (exact) mass is 268 g/mol. The molecule has 1 saturated carbocycles. The number of aromatic nitrogens is 1. The fourth-order valence-electron chi connectivity index (χ4n) is 2.46. The molecule has 6 heteroatoms. The SMILES string of the molecule is Cc1ncc(C(=O)NC2(CC(=O)O)CCCC2)s1. The van der Waals surface area contributed by atoms with E-state index in [1.807, 2.05) is 6.92 Å². The van der Waals surface area contributed by atoms with E-state index in [0.717, 1.165) is 30.7 Å². The summed E-state index contributed by atoms with van der Waals surface area (Å²) in [4.78, 5) is 27.6. The Kier molecular flexibility index (Phi) is 3.65. The average molecular weight is 268 g/mol. The first kappa shape index (κ1) is 13.0. The molecule has 2 rings (SSSR count). The molecule has 98 valence electrons. The number of rotatable bonds is 4. The van der Waals surface area contributed by atoms with E-state index in [-0.39, 0.29) is 12.3 Å². The third-order valence-electron chi connectivity index (χ3n) is 3.27. The zero-order valence-electron chi connectivity index (χ0n) is 10.2. The number of carbonyl (C=O) groups excluding carboxylic acids is 1. The van der Waals surface area contributed by atoms with Crippen LogP contribution in [0.4, 0.5) is 0 Å². The quantitative estimate of drug-likeness (QED) is 0.875. The maximum absolute atomic E-state index is 12.1. The number of aliphatic carboxylic acids is 1. The predicted octanol–water partition coefficient (Wildman–Crippen LogP) is 1.97. The molecule has 0 radical (unpaired) electrons. The number of nitrogens with zero attached hydrogens (tertiary/aromatic N) is 1. The van der Waals surface area contributed by atoms with Crippen LogP contribution in [0.3, 0.4) is 0 Å². The zero-order chi connectivity index (χ0) is 13.2. The largest absolute Gasteiger partial charge is 0.481 e. The molecule has 0 spiro atoms. The molecule has 1 amide bonds. The minimum absolute atomic E-state index is 0.00345. The van der Waals surface area contributed by atoms with Gasteiger partial charge in [-0.25, -0.2) is 4.98 Å². The number of nitrogens with one attached hydrogen (secondary N) is 1. The number of aryl methyl sites for hydroxylation is 1. The van der Waals surface area contributed by atoms with E-state index in [9.17, 15) is 9.59 Å². The Balaban J connectivity index is 2.09. The lowest BCUT2D eigenvalue weighted by Gasteiger charge is -2.28. The second-order valence-corrected chi connectivity index (χ2v) is 5.99. The highest BCUT2D eigenvalue weighted by Crippen LogP contribution is 2.33. The highest BCUT2D eigenvalue weighted by Gasteiger charge is 2.37. The lowest BCUT2D eigenvalue weighted by atomic mass is 9.93. The lowest BCUT2D eigenvalue weighted by molar-refractivity contribution is -0.138. The fourth-order valence-corrected chi connectivity index (χ4v) is 3.13. The molecule has 0 atom stereocenters. The van der Waals surface area contributed by atoms with E-state index in [0.29, 0.717) is 4.88 Å². The van der Waals surface area contributed by atoms with Crippen LogP contribution in [0.1, 0.15) is 46.8 Å². The first-order valence-electron chi connectivity index (χ1n) is 5.97. The Morgan fingerprint density at radius 2 is 2.17 bits per heavy atom. The summed E-state index contributed by atoms with van der Waals surface area (Å²) >= 11 is 1.33. The molecular weight excluding hydrogens is 252 g/mol. The van der Waals surface area contributed by atoms with Gasteiger partial charge in [0.05, 0.1) is 23.2 Å². The molecule has 0 unspecified atom stereocenters. The van der Waals surface area contributed by atoms with Crippen molar-refractivity contribution in [3.63, 3.8) is 0 Å². The molecule has 0 aromatic carbocycles. The van der Waals surface area contributed by atoms with Gasteiger partial charge in [-0.1, -0.05) is 12.8 Å². The minimum Gasteiger partial charge on any atom is -0.481 e. The highest BCUT2D eigenvalue weighted by molar-refractivity contribution is 7.13. The number of hydrogen-bond donors (Lipinski definition) is 2. The maximum atomic E-state index is 12.1. The normalized spacial score (nSPS) is 17.6. The van der Waals surface area contributed by atoms with Crippen molar-refractivity contribution in [2.45, 2.75) is 44.6 Å². The van der Waals surface area contributed by atoms with Crippen molar-refractivity contribution in [1.29, 1.82) is 0 Å². The molecule has 5 nitrogen and oxygen atoms in total. The molecule has 1 aromatic rings. The summed E-state index contributed by atoms with van der Waals surface area (Å²) in [5.74, 6) is -1.07. The van der Waals surface area contributed by atoms with Gasteiger partial charge in [0, 0.05) is 0 Å². The van der Waals surface area contributed by atoms with Gasteiger partial charge in [0.1, 0.15) is 4.88 Å². The van der Waals surface area contributed by atoms with Crippen LogP contribution >= 0.6 is 11.3 Å². The fraction of sp³-hybridized carbons (Fsp3) is 0.583. The highest BCUT2D eigenvalue weighted by atomic mass is 32.1. The summed E-state index contributed by atoms with van der Waals surface area (Å²) in [6.45, 7) is 1.84. The summed E-state index contributed by atoms with van der Waals surface area (Å²) in [7, 11) is 0. The van der Waals surface area contributed by atoms with Gasteiger partial charge >= 0.3 is 5.97 Å². The number of carboxylic acid groups (broad SMARTS) is 1. The van der Waals surface area contributed by atoms with Crippen LogP contribution < -0.4 is 5.32 Å². The third kappa shape index (κ3) is 2.87. The van der Waals surface area contributed by atoms with Crippen molar-refractivity contribution >= 4 is 23.2 Å². The van der Waals surface area contributed by atoms with Crippen LogP contribution in [-0.2, 0) is 4.79 Å². The molecule has 1 aliphatic rings. The van der Waals surface area contributed by atoms with Crippen molar-refractivity contribution in [2.24, 2.45) is 0 Å². The summed E-state index contributed by atoms with van der Waals surface area (Å²) in [6.07, 6.45) is 4.95. The van der Waals surface area contributed by atoms with Crippen LogP contribution in [0.2, 0.25) is 0 Å². The summed E-state index contributed by atoms with van der Waals surface area (Å²) in [6, 6.07) is 0. The molecule has 1 heterocycles. The summed E-state index contributed by atoms with van der Waals surface area (Å²) in [5.41, 5.74) is -0.569. The van der Waals surface area contributed by atoms with Gasteiger partial charge in [-0.05, 0) is 19.8 Å². The minimum atomic E-state index is -0.863. The van der Waals surface area contributed by atoms with E-state index in [1.54, 1.807) is 6.20 Å². The number of hydrogen-bond acceptors (Lipinski definition) is 4. The Bertz CT molecular complexity index is 464. The second-order valence-electron chi connectivity index (χ2n) is 4.76. The molecule has 1 aromatic heterocycles. The Labute approximate surface area is 109 Å². The van der Waals surface area contributed by atoms with Crippen molar-refractivity contribution in [3.05, 3.63) is 16.1 Å². The van der Waals surface area contributed by atoms with E-state index in [2.05, 4.69) is 10.3 Å². The van der Waals surface area contributed by atoms with Gasteiger partial charge in [-0.3, -0.25) is 9.59 Å². The molecular formula is C12H16N2O3S. The van der Waals surface area contributed by atoms with Gasteiger partial charge in [-0.2, -0.15) is 0 Å². The average Bonchev–Trinajstić information content (AvgIpc) is 2.87. The molecule has 1 aliphatic carbocycles. The maximum Gasteiger partial charge on any atom is 0.305 e. The molecule has 0 bridgehead atoms. The van der Waals surface area contributed by atoms with Gasteiger partial charge < -0.3 is 10.4 Å². The van der Waals surface area contributed by atoms with Crippen molar-refractivity contribution in [2.75, 3.05) is 0 Å². The van der Waals surface area contributed by atoms with Gasteiger partial charge in [-0.15, -0.1) is 11.3 Å². The topological polar surface area (TPSA) is 79.3 Å². The van der Waals surface area contributed by atoms with Gasteiger partial charge in [0.2, 0.25) is 0 Å². The molecule has 0 saturated heterocycles. The van der Waals surface area contributed by atoms with Gasteiger partial charge in [0.25, 0.3) is 5.91 Å². The smallest absolute Gasteiger partial charge is 0.305 e. The Morgan fingerprint density at radius 1 is 1.50 bits per heavy atom. The van der Waals surface area contributed by atoms with Crippen molar-refractivity contribution in [3.8, 4) is 0 Å². The van der Waals surface area contributed by atoms with E-state index >= 15 is 0 Å². The number of carboxylic acids is 1. The van der Waals surface area contributed by atoms with E-state index < -0.39 is 11.5 Å². The first-order valence-corrected chi connectivity index (χ1v) is 6.79. The van der Waals surface area contributed by atoms with Crippen LogP contribution in [0.25, 0.3) is 0 Å². The van der Waals surface area contributed by atoms with E-state index in [4.69, 9.17) is 5.11 Å². The van der Waals surface area contributed by atoms with Gasteiger partial charge in [0.15, 0.2) is 0 Å². The molecule has 0 aliphatic heterocycles. The molecule has 18 heavy (non-hydrogen) atoms. The first-order chi connectivity index (χ1) is 8.51. The van der Waals surface area contributed by atoms with Crippen molar-refractivity contribution < 1.29 is 14.7 Å². The van der Waals surface area contributed by atoms with Crippen LogP contribution in [0.15, 0.2) is 6.20 Å². The standard InChI is InChI=1S/C12H16N2O3S/c1-8-13-7-9(18-8)11(17)14-12(6-10(15)16)4-2-3-5-12/h7H,2-6H2,1H3,(H,14,17)(H,15,16). The molecule has 1 fully saturated rings. The second kappa shape index (κ2) is 5.06. The summed E-state index contributed by atoms with van der Waals surface area (Å²) in [5, 5.41) is 12.7. The van der Waals surface area contributed by atoms with Crippen LogP contribution in [0, 0.1) is 6.92 Å². The number of carbonyl (C=O) groups is 2. The Morgan fingerprint density at radius 3 is 2.67 bits per heavy atom. The zero-order valence-corrected chi connectivity index (χ0v) is 11.0. The number of thiazole rings is 1. The predicted molar refractivity (Wildman–Crippen MR) is 67.8 cm³/mol. The molecule has 2 N–H and O–H groups in total. The Hall–Kier alpha value is -1.43.